The summed E-state index contributed by atoms with van der Waals surface area (Å²) in [7, 11) is -8.19. The zero-order valence-electron chi connectivity index (χ0n) is 56.6. The number of benzene rings is 4. The minimum atomic E-state index is -4.12. The molecule has 0 radical (unpaired) electrons. The van der Waals surface area contributed by atoms with Crippen LogP contribution in [0.5, 0.6) is 0 Å². The lowest BCUT2D eigenvalue weighted by molar-refractivity contribution is -0.143. The number of alkyl halides is 4. The van der Waals surface area contributed by atoms with Crippen LogP contribution in [0.4, 0.5) is 22.4 Å². The SMILES string of the molecule is CC(C)(C)OC(=O)N[C@H](C(=O)N1C[C@H](ON=C2c3ccccc3-c3ccccc32)C[C@H]1C(=O)N[C@]1(C(=O)NS(=O)(=O)C2CC2)C[C@H]1C(F)F)C(C)(C)C.CC(C)(C)[C@H](N)C(=O)N1C[C@H](ON=C2c3ccccc3-c3ccccc32)C[C@H]1C(=O)N[C@]1(C(=O)NS(=O)(=O)C2CC2)C[C@H]1C(F)F.Cl. The second-order valence-corrected chi connectivity index (χ2v) is 33.8. The maximum Gasteiger partial charge on any atom is 0.408 e. The first-order valence-electron chi connectivity index (χ1n) is 32.9. The van der Waals surface area contributed by atoms with Gasteiger partial charge in [-0.1, -0.05) is 149 Å². The van der Waals surface area contributed by atoms with Crippen LogP contribution in [-0.4, -0.2) is 169 Å². The highest BCUT2D eigenvalue weighted by atomic mass is 35.5. The molecular formula is C69H83ClF4N10O14S2. The van der Waals surface area contributed by atoms with Gasteiger partial charge < -0.3 is 45.9 Å². The van der Waals surface area contributed by atoms with Crippen LogP contribution in [0.3, 0.4) is 0 Å². The van der Waals surface area contributed by atoms with Gasteiger partial charge in [-0.3, -0.25) is 38.2 Å². The lowest BCUT2D eigenvalue weighted by Gasteiger charge is -2.36. The summed E-state index contributed by atoms with van der Waals surface area (Å²) in [6.07, 6.45) is -8.35. The molecule has 12 rings (SSSR count). The second kappa shape index (κ2) is 27.6. The van der Waals surface area contributed by atoms with Crippen LogP contribution in [-0.2, 0) is 63.2 Å². The number of halogens is 5. The third-order valence-electron chi connectivity index (χ3n) is 19.1. The summed E-state index contributed by atoms with van der Waals surface area (Å²) in [4.78, 5) is 110. The van der Waals surface area contributed by atoms with Crippen molar-refractivity contribution in [2.24, 2.45) is 38.7 Å². The van der Waals surface area contributed by atoms with Gasteiger partial charge in [0.25, 0.3) is 11.8 Å². The number of likely N-dealkylation sites (tertiary alicyclic amines) is 2. The van der Waals surface area contributed by atoms with Crippen LogP contribution in [0.25, 0.3) is 22.3 Å². The molecule has 6 aliphatic carbocycles. The molecule has 0 unspecified atom stereocenters. The van der Waals surface area contributed by atoms with Gasteiger partial charge in [0.15, 0.2) is 0 Å². The van der Waals surface area contributed by atoms with Crippen LogP contribution >= 0.6 is 12.4 Å². The predicted octanol–water partition coefficient (Wildman–Crippen LogP) is 7.04. The van der Waals surface area contributed by atoms with Crippen LogP contribution in [0.1, 0.15) is 136 Å². The molecule has 4 aromatic rings. The van der Waals surface area contributed by atoms with Crippen molar-refractivity contribution in [3.8, 4) is 22.3 Å². The number of carbonyl (C=O) groups is 7. The van der Waals surface area contributed by atoms with E-state index in [-0.39, 0.29) is 38.3 Å². The van der Waals surface area contributed by atoms with Gasteiger partial charge in [0.05, 0.1) is 41.5 Å². The maximum atomic E-state index is 14.4. The Morgan fingerprint density at radius 2 is 0.860 bits per heavy atom. The van der Waals surface area contributed by atoms with E-state index in [4.69, 9.17) is 20.1 Å². The van der Waals surface area contributed by atoms with E-state index < -0.39 is 173 Å². The van der Waals surface area contributed by atoms with E-state index in [2.05, 4.69) is 26.3 Å². The van der Waals surface area contributed by atoms with Crippen LogP contribution in [0.15, 0.2) is 107 Å². The first-order valence-corrected chi connectivity index (χ1v) is 36.0. The smallest absolute Gasteiger partial charge is 0.408 e. The quantitative estimate of drug-likeness (QED) is 0.0350. The summed E-state index contributed by atoms with van der Waals surface area (Å²) < 4.78 is 115. The van der Waals surface area contributed by atoms with Crippen molar-refractivity contribution in [3.05, 3.63) is 119 Å². The first-order chi connectivity index (χ1) is 46.4. The van der Waals surface area contributed by atoms with Gasteiger partial charge in [-0.25, -0.2) is 39.2 Å². The molecule has 10 atom stereocenters. The Labute approximate surface area is 583 Å². The van der Waals surface area contributed by atoms with Gasteiger partial charge in [0.1, 0.15) is 58.4 Å². The number of nitrogens with zero attached hydrogens (tertiary/aromatic N) is 4. The van der Waals surface area contributed by atoms with Gasteiger partial charge in [-0.15, -0.1) is 12.4 Å². The third kappa shape index (κ3) is 15.3. The standard InChI is InChI=1S/C37H45F2N5O8S.C32H37F2N5O6S.ClH/c1-35(2,3)29(40-34(48)51-36(4,5)6)32(46)44-19-20(52-42-28-24-13-9-7-11-22(24)23-12-8-10-14-25(23)28)17-27(44)31(45)41-37(18-26(37)30(38)39)33(47)43-53(49,50)21-15-16-21;1-31(2,3)26(35)29(41)39-16-17(45-37-25-21-10-6-4-8-19(21)20-9-5-7-11-22(20)25)14-24(39)28(40)36-32(15-23(32)27(33)34)30(42)38-46(43,44)18-12-13-18;/h7-14,20-21,26-27,29-30H,15-19H2,1-6H3,(H,40,48)(H,41,45)(H,43,47);4-11,17-18,23-24,26-27H,12-16,35H2,1-3H3,(H,36,40)(H,38,42);1H/t20-,26+,27+,29-,37-;17-,23+,24+,26-,32-;/m11./s1. The Hall–Kier alpha value is -8.22. The normalized spacial score (nSPS) is 24.7. The average molecular weight is 1450 g/mol. The van der Waals surface area contributed by atoms with E-state index >= 15 is 0 Å². The number of oxime groups is 2. The number of amides is 7. The minimum Gasteiger partial charge on any atom is -0.444 e. The van der Waals surface area contributed by atoms with Crippen LogP contribution in [0.2, 0.25) is 0 Å². The molecule has 4 saturated carbocycles. The highest BCUT2D eigenvalue weighted by molar-refractivity contribution is 7.91. The summed E-state index contributed by atoms with van der Waals surface area (Å²) in [6.45, 7) is 15.2. The van der Waals surface area contributed by atoms with Crippen molar-refractivity contribution in [1.29, 1.82) is 0 Å². The molecule has 100 heavy (non-hydrogen) atoms. The minimum absolute atomic E-state index is 0. The second-order valence-electron chi connectivity index (χ2n) is 29.9. The Balaban J connectivity index is 0.000000216. The fraction of sp³-hybridized carbons (Fsp3) is 0.522. The summed E-state index contributed by atoms with van der Waals surface area (Å²) in [5.74, 6) is -8.78. The number of carbonyl (C=O) groups excluding carboxylic acids is 7. The van der Waals surface area contributed by atoms with Crippen LogP contribution in [0, 0.1) is 22.7 Å². The number of rotatable bonds is 19. The van der Waals surface area contributed by atoms with E-state index in [0.717, 1.165) is 44.5 Å². The molecular weight excluding hydrogens is 1370 g/mol. The average Bonchev–Trinajstić information content (AvgIpc) is 1.57. The molecule has 0 bridgehead atoms. The van der Waals surface area contributed by atoms with Gasteiger partial charge in [-0.05, 0) is 92.4 Å². The number of hydrogen-bond donors (Lipinski definition) is 6. The monoisotopic (exact) mass is 1450 g/mol. The molecule has 2 aliphatic heterocycles. The zero-order chi connectivity index (χ0) is 71.9. The molecule has 7 amide bonds. The highest BCUT2D eigenvalue weighted by Gasteiger charge is 2.68. The van der Waals surface area contributed by atoms with Crippen molar-refractivity contribution in [3.63, 3.8) is 0 Å². The zero-order valence-corrected chi connectivity index (χ0v) is 59.0. The third-order valence-corrected chi connectivity index (χ3v) is 22.7. The van der Waals surface area contributed by atoms with Crippen molar-refractivity contribution in [2.45, 2.75) is 190 Å². The Kier molecular flexibility index (Phi) is 20.6. The van der Waals surface area contributed by atoms with Crippen molar-refractivity contribution in [2.75, 3.05) is 13.1 Å². The fourth-order valence-electron chi connectivity index (χ4n) is 13.0. The Morgan fingerprint density at radius 3 is 1.15 bits per heavy atom. The number of nitrogens with two attached hydrogens (primary N) is 1. The predicted molar refractivity (Wildman–Crippen MR) is 362 cm³/mol. The van der Waals surface area contributed by atoms with Gasteiger partial charge in [0, 0.05) is 35.1 Å². The Bertz CT molecular complexity index is 4120. The summed E-state index contributed by atoms with van der Waals surface area (Å²) >= 11 is 0. The van der Waals surface area contributed by atoms with Crippen molar-refractivity contribution < 1.29 is 82.4 Å². The molecule has 0 spiro atoms. The first kappa shape index (κ1) is 74.5. The van der Waals surface area contributed by atoms with Crippen LogP contribution < -0.4 is 31.1 Å². The summed E-state index contributed by atoms with van der Waals surface area (Å²) in [5.41, 5.74) is 7.88. The topological polar surface area (TPSA) is 333 Å². The molecule has 2 heterocycles. The van der Waals surface area contributed by atoms with E-state index in [1.54, 1.807) is 62.3 Å². The van der Waals surface area contributed by atoms with Gasteiger partial charge in [-0.2, -0.15) is 0 Å². The molecule has 6 fully saturated rings. The van der Waals surface area contributed by atoms with Crippen molar-refractivity contribution >= 4 is 85.4 Å². The maximum absolute atomic E-state index is 14.4. The lowest BCUT2D eigenvalue weighted by atomic mass is 9.85. The summed E-state index contributed by atoms with van der Waals surface area (Å²) in [5, 5.41) is 14.8. The Morgan fingerprint density at radius 1 is 0.530 bits per heavy atom. The number of sulfonamides is 2. The molecule has 0 aromatic heterocycles. The lowest BCUT2D eigenvalue weighted by Crippen LogP contribution is -2.60. The van der Waals surface area contributed by atoms with Gasteiger partial charge >= 0.3 is 6.09 Å². The molecule has 4 aromatic carbocycles. The van der Waals surface area contributed by atoms with E-state index in [9.17, 15) is 68.0 Å². The molecule has 7 N–H and O–H groups in total. The molecule has 8 aliphatic rings. The largest absolute Gasteiger partial charge is 0.444 e. The number of alkyl carbamates (subject to hydrolysis) is 1. The van der Waals surface area contributed by atoms with Crippen molar-refractivity contribution in [1.82, 2.24) is 35.2 Å². The molecule has 2 saturated heterocycles. The summed E-state index contributed by atoms with van der Waals surface area (Å²) in [6, 6.07) is 25.9. The fourth-order valence-corrected chi connectivity index (χ4v) is 15.8. The molecule has 24 nitrogen and oxygen atoms in total. The number of ether oxygens (including phenoxy) is 1. The van der Waals surface area contributed by atoms with Gasteiger partial charge in [0.2, 0.25) is 56.5 Å². The molecule has 31 heteroatoms. The van der Waals surface area contributed by atoms with E-state index in [1.807, 2.05) is 107 Å². The highest BCUT2D eigenvalue weighted by Crippen LogP contribution is 2.50. The number of fused-ring (bicyclic) bond motifs is 6. The number of hydrogen-bond acceptors (Lipinski definition) is 17. The van der Waals surface area contributed by atoms with E-state index in [1.165, 1.54) is 9.80 Å². The van der Waals surface area contributed by atoms with E-state index in [0.29, 0.717) is 37.1 Å². The molecule has 540 valence electrons. The number of nitrogens with one attached hydrogen (secondary N) is 5.